The molecule has 0 aliphatic rings. The molecule has 0 fully saturated rings. The number of halogens is 4. The van der Waals surface area contributed by atoms with Gasteiger partial charge in [0, 0.05) is 29.7 Å². The molecule has 0 amide bonds. The van der Waals surface area contributed by atoms with Crippen molar-refractivity contribution in [2.24, 2.45) is 0 Å². The lowest BCUT2D eigenvalue weighted by molar-refractivity contribution is -0.675. The number of aromatic nitrogens is 1. The van der Waals surface area contributed by atoms with E-state index in [1.54, 1.807) is 0 Å². The van der Waals surface area contributed by atoms with Gasteiger partial charge in [-0.2, -0.15) is 4.57 Å². The Hall–Kier alpha value is -3.41. The van der Waals surface area contributed by atoms with Crippen LogP contribution in [0.5, 0.6) is 0 Å². The number of nitrogens with zero attached hydrogens (tertiary/aromatic N) is 1. The van der Waals surface area contributed by atoms with Gasteiger partial charge in [0.25, 0.3) is 0 Å². The first-order chi connectivity index (χ1) is 15.9. The van der Waals surface area contributed by atoms with Crippen molar-refractivity contribution < 1.29 is 21.8 Å². The van der Waals surface area contributed by atoms with Crippen LogP contribution in [-0.2, 0) is 6.54 Å². The summed E-state index contributed by atoms with van der Waals surface area (Å²) >= 11 is 0. The van der Waals surface area contributed by atoms with Crippen molar-refractivity contribution in [1.82, 2.24) is 0 Å². The fourth-order valence-electron chi connectivity index (χ4n) is 3.67. The molecule has 4 aromatic rings. The SMILES string of the molecule is CCCC[n+]1c(-c2ccccc2)cc(-c2ccccc2)cc1-c1ccccc1.F[B-](F)(F)F. The average molecular weight is 451 g/mol. The number of pyridine rings is 1. The van der Waals surface area contributed by atoms with Gasteiger partial charge < -0.3 is 17.3 Å². The molecular weight excluding hydrogens is 425 g/mol. The molecule has 170 valence electrons. The molecular formula is C27H26BF4N. The summed E-state index contributed by atoms with van der Waals surface area (Å²) in [6.45, 7) is 3.27. The van der Waals surface area contributed by atoms with Crippen LogP contribution in [0, 0.1) is 0 Å². The highest BCUT2D eigenvalue weighted by Gasteiger charge is 2.22. The molecule has 0 spiro atoms. The fourth-order valence-corrected chi connectivity index (χ4v) is 3.67. The smallest absolute Gasteiger partial charge is 0.418 e. The van der Waals surface area contributed by atoms with Crippen LogP contribution < -0.4 is 4.57 Å². The van der Waals surface area contributed by atoms with E-state index in [0.29, 0.717) is 0 Å². The predicted molar refractivity (Wildman–Crippen MR) is 128 cm³/mol. The molecule has 1 nitrogen and oxygen atoms in total. The van der Waals surface area contributed by atoms with Crippen LogP contribution in [0.2, 0.25) is 0 Å². The molecule has 0 N–H and O–H groups in total. The van der Waals surface area contributed by atoms with E-state index < -0.39 is 7.25 Å². The molecule has 4 rings (SSSR count). The lowest BCUT2D eigenvalue weighted by Crippen LogP contribution is -2.39. The zero-order chi connectivity index (χ0) is 23.7. The van der Waals surface area contributed by atoms with E-state index >= 15 is 0 Å². The fraction of sp³-hybridized carbons (Fsp3) is 0.148. The van der Waals surface area contributed by atoms with Gasteiger partial charge in [0.05, 0.1) is 0 Å². The topological polar surface area (TPSA) is 3.88 Å². The van der Waals surface area contributed by atoms with Crippen molar-refractivity contribution in [3.63, 3.8) is 0 Å². The zero-order valence-corrected chi connectivity index (χ0v) is 18.5. The summed E-state index contributed by atoms with van der Waals surface area (Å²) < 4.78 is 41.5. The number of benzene rings is 3. The molecule has 1 heterocycles. The Balaban J connectivity index is 0.000000555. The Morgan fingerprint density at radius 1 is 0.576 bits per heavy atom. The Bertz CT molecular complexity index is 1060. The predicted octanol–water partition coefficient (Wildman–Crippen LogP) is 8.08. The molecule has 1 aromatic heterocycles. The van der Waals surface area contributed by atoms with Crippen molar-refractivity contribution in [3.05, 3.63) is 103 Å². The molecule has 3 aromatic carbocycles. The first-order valence-corrected chi connectivity index (χ1v) is 11.0. The molecule has 0 aliphatic carbocycles. The Morgan fingerprint density at radius 2 is 0.939 bits per heavy atom. The van der Waals surface area contributed by atoms with Gasteiger partial charge in [-0.1, -0.05) is 80.1 Å². The quantitative estimate of drug-likeness (QED) is 0.159. The average Bonchev–Trinajstić information content (AvgIpc) is 2.83. The Morgan fingerprint density at radius 3 is 1.30 bits per heavy atom. The molecule has 0 unspecified atom stereocenters. The Kier molecular flexibility index (Phi) is 8.42. The highest BCUT2D eigenvalue weighted by atomic mass is 19.5. The van der Waals surface area contributed by atoms with Gasteiger partial charge in [-0.05, 0) is 35.4 Å². The third-order valence-electron chi connectivity index (χ3n) is 5.15. The second-order valence-electron chi connectivity index (χ2n) is 7.61. The van der Waals surface area contributed by atoms with E-state index in [2.05, 4.69) is 115 Å². The van der Waals surface area contributed by atoms with Gasteiger partial charge in [-0.15, -0.1) is 0 Å². The van der Waals surface area contributed by atoms with E-state index in [4.69, 9.17) is 0 Å². The van der Waals surface area contributed by atoms with E-state index in [-0.39, 0.29) is 0 Å². The summed E-state index contributed by atoms with van der Waals surface area (Å²) in [5, 5.41) is 0. The summed E-state index contributed by atoms with van der Waals surface area (Å²) in [7, 11) is -6.00. The first-order valence-electron chi connectivity index (χ1n) is 11.0. The minimum Gasteiger partial charge on any atom is -0.418 e. The maximum atomic E-state index is 9.75. The van der Waals surface area contributed by atoms with E-state index in [1.165, 1.54) is 40.1 Å². The maximum absolute atomic E-state index is 9.75. The van der Waals surface area contributed by atoms with Gasteiger partial charge in [0.15, 0.2) is 0 Å². The lowest BCUT2D eigenvalue weighted by atomic mass is 9.99. The molecule has 6 heteroatoms. The van der Waals surface area contributed by atoms with Crippen molar-refractivity contribution in [2.45, 2.75) is 26.3 Å². The van der Waals surface area contributed by atoms with Crippen molar-refractivity contribution in [1.29, 1.82) is 0 Å². The third kappa shape index (κ3) is 7.31. The third-order valence-corrected chi connectivity index (χ3v) is 5.15. The van der Waals surface area contributed by atoms with Gasteiger partial charge >= 0.3 is 7.25 Å². The van der Waals surface area contributed by atoms with E-state index in [1.807, 2.05) is 0 Å². The number of rotatable bonds is 6. The Labute approximate surface area is 192 Å². The van der Waals surface area contributed by atoms with Crippen LogP contribution in [0.4, 0.5) is 17.3 Å². The summed E-state index contributed by atoms with van der Waals surface area (Å²) in [4.78, 5) is 0. The minimum atomic E-state index is -6.00. The molecule has 0 radical (unpaired) electrons. The summed E-state index contributed by atoms with van der Waals surface area (Å²) in [5.41, 5.74) is 7.57. The minimum absolute atomic E-state index is 1.01. The van der Waals surface area contributed by atoms with Gasteiger partial charge in [0.1, 0.15) is 6.54 Å². The van der Waals surface area contributed by atoms with Gasteiger partial charge in [0.2, 0.25) is 11.4 Å². The molecule has 0 saturated carbocycles. The zero-order valence-electron chi connectivity index (χ0n) is 18.5. The summed E-state index contributed by atoms with van der Waals surface area (Å²) in [5.74, 6) is 0. The van der Waals surface area contributed by atoms with E-state index in [0.717, 1.165) is 13.0 Å². The highest BCUT2D eigenvalue weighted by molar-refractivity contribution is 6.50. The molecule has 0 atom stereocenters. The van der Waals surface area contributed by atoms with Crippen molar-refractivity contribution >= 4 is 7.25 Å². The second kappa shape index (κ2) is 11.5. The summed E-state index contributed by atoms with van der Waals surface area (Å²) in [6, 6.07) is 36.8. The van der Waals surface area contributed by atoms with Crippen LogP contribution in [0.1, 0.15) is 19.8 Å². The second-order valence-corrected chi connectivity index (χ2v) is 7.61. The lowest BCUT2D eigenvalue weighted by Gasteiger charge is -2.12. The number of hydrogen-bond donors (Lipinski definition) is 0. The number of unbranched alkanes of at least 4 members (excludes halogenated alkanes) is 1. The van der Waals surface area contributed by atoms with Crippen molar-refractivity contribution in [3.8, 4) is 33.6 Å². The van der Waals surface area contributed by atoms with Crippen LogP contribution in [0.25, 0.3) is 33.6 Å². The van der Waals surface area contributed by atoms with Gasteiger partial charge in [-0.25, -0.2) is 0 Å². The van der Waals surface area contributed by atoms with Gasteiger partial charge in [-0.3, -0.25) is 0 Å². The molecule has 33 heavy (non-hydrogen) atoms. The van der Waals surface area contributed by atoms with Crippen LogP contribution in [-0.4, -0.2) is 7.25 Å². The largest absolute Gasteiger partial charge is 0.673 e. The number of hydrogen-bond acceptors (Lipinski definition) is 0. The molecule has 0 saturated heterocycles. The first kappa shape index (κ1) is 24.2. The highest BCUT2D eigenvalue weighted by Crippen LogP contribution is 2.29. The summed E-state index contributed by atoms with van der Waals surface area (Å²) in [6.07, 6.45) is 2.34. The normalized spacial score (nSPS) is 10.9. The maximum Gasteiger partial charge on any atom is 0.673 e. The van der Waals surface area contributed by atoms with Crippen molar-refractivity contribution in [2.75, 3.05) is 0 Å². The monoisotopic (exact) mass is 451 g/mol. The van der Waals surface area contributed by atoms with Crippen LogP contribution in [0.15, 0.2) is 103 Å². The van der Waals surface area contributed by atoms with E-state index in [9.17, 15) is 17.3 Å². The molecule has 0 bridgehead atoms. The van der Waals surface area contributed by atoms with Crippen LogP contribution in [0.3, 0.4) is 0 Å². The van der Waals surface area contributed by atoms with Crippen LogP contribution >= 0.6 is 0 Å². The molecule has 0 aliphatic heterocycles. The standard InChI is InChI=1S/C27H26N.BF4/c1-2-3-19-28-26(23-15-9-5-10-16-23)20-25(22-13-7-4-8-14-22)21-27(28)24-17-11-6-12-18-24;2-1(3,4)5/h4-18,20-21H,2-3,19H2,1H3;/q+1;-1.